The highest BCUT2D eigenvalue weighted by Gasteiger charge is 2.07. The van der Waals surface area contributed by atoms with Gasteiger partial charge in [-0.05, 0) is 13.0 Å². The predicted molar refractivity (Wildman–Crippen MR) is 62.5 cm³/mol. The van der Waals surface area contributed by atoms with Crippen LogP contribution in [-0.2, 0) is 9.47 Å². The molecule has 5 heteroatoms. The van der Waals surface area contributed by atoms with Gasteiger partial charge in [0.1, 0.15) is 6.10 Å². The topological polar surface area (TPSA) is 71.0 Å². The summed E-state index contributed by atoms with van der Waals surface area (Å²) < 4.78 is 9.89. The van der Waals surface area contributed by atoms with Crippen LogP contribution in [0.4, 0.5) is 0 Å². The van der Waals surface area contributed by atoms with E-state index in [1.54, 1.807) is 0 Å². The van der Waals surface area contributed by atoms with E-state index in [0.29, 0.717) is 6.54 Å². The summed E-state index contributed by atoms with van der Waals surface area (Å²) in [6, 6.07) is 0. The SMILES string of the molecule is CCCCNCC(O)COCC(O)COC. The number of rotatable bonds is 11. The fourth-order valence-corrected chi connectivity index (χ4v) is 1.21. The number of hydrogen-bond acceptors (Lipinski definition) is 5. The minimum atomic E-state index is -0.620. The zero-order valence-electron chi connectivity index (χ0n) is 10.3. The molecule has 0 heterocycles. The van der Waals surface area contributed by atoms with Crippen LogP contribution in [0.1, 0.15) is 19.8 Å². The molecule has 0 saturated carbocycles. The Hall–Kier alpha value is -0.200. The van der Waals surface area contributed by atoms with E-state index < -0.39 is 12.2 Å². The van der Waals surface area contributed by atoms with Crippen molar-refractivity contribution in [3.63, 3.8) is 0 Å². The van der Waals surface area contributed by atoms with E-state index in [9.17, 15) is 10.2 Å². The van der Waals surface area contributed by atoms with Gasteiger partial charge in [-0.25, -0.2) is 0 Å². The molecule has 2 atom stereocenters. The molecule has 0 aromatic heterocycles. The van der Waals surface area contributed by atoms with Gasteiger partial charge in [0.15, 0.2) is 0 Å². The number of ether oxygens (including phenoxy) is 2. The Balaban J connectivity index is 3.26. The molecule has 0 aliphatic rings. The third-order valence-electron chi connectivity index (χ3n) is 2.07. The number of aliphatic hydroxyl groups excluding tert-OH is 2. The fourth-order valence-electron chi connectivity index (χ4n) is 1.21. The molecule has 0 bridgehead atoms. The second-order valence-corrected chi connectivity index (χ2v) is 3.86. The van der Waals surface area contributed by atoms with Crippen molar-refractivity contribution in [2.24, 2.45) is 0 Å². The summed E-state index contributed by atoms with van der Waals surface area (Å²) in [4.78, 5) is 0. The van der Waals surface area contributed by atoms with E-state index in [4.69, 9.17) is 9.47 Å². The van der Waals surface area contributed by atoms with Crippen LogP contribution < -0.4 is 5.32 Å². The van der Waals surface area contributed by atoms with Crippen LogP contribution in [0.2, 0.25) is 0 Å². The summed E-state index contributed by atoms with van der Waals surface area (Å²) in [5.41, 5.74) is 0. The maximum atomic E-state index is 9.49. The molecular weight excluding hydrogens is 210 g/mol. The number of hydrogen-bond donors (Lipinski definition) is 3. The van der Waals surface area contributed by atoms with Gasteiger partial charge >= 0.3 is 0 Å². The highest BCUT2D eigenvalue weighted by Crippen LogP contribution is 1.90. The Morgan fingerprint density at radius 2 is 1.81 bits per heavy atom. The molecule has 2 unspecified atom stereocenters. The molecule has 0 fully saturated rings. The first-order chi connectivity index (χ1) is 7.70. The molecule has 0 rings (SSSR count). The van der Waals surface area contributed by atoms with Gasteiger partial charge in [-0.3, -0.25) is 0 Å². The molecule has 16 heavy (non-hydrogen) atoms. The Kier molecular flexibility index (Phi) is 11.1. The Labute approximate surface area is 97.8 Å². The van der Waals surface area contributed by atoms with Gasteiger partial charge in [0.2, 0.25) is 0 Å². The van der Waals surface area contributed by atoms with Gasteiger partial charge in [0.25, 0.3) is 0 Å². The lowest BCUT2D eigenvalue weighted by atomic mass is 10.3. The fraction of sp³-hybridized carbons (Fsp3) is 1.00. The van der Waals surface area contributed by atoms with E-state index in [1.807, 2.05) is 0 Å². The molecule has 0 aliphatic heterocycles. The van der Waals surface area contributed by atoms with Crippen LogP contribution >= 0.6 is 0 Å². The summed E-state index contributed by atoms with van der Waals surface area (Å²) >= 11 is 0. The van der Waals surface area contributed by atoms with Crippen LogP contribution in [0.5, 0.6) is 0 Å². The summed E-state index contributed by atoms with van der Waals surface area (Å²) in [7, 11) is 1.52. The van der Waals surface area contributed by atoms with Gasteiger partial charge in [0.05, 0.1) is 25.9 Å². The lowest BCUT2D eigenvalue weighted by Crippen LogP contribution is -2.32. The predicted octanol–water partition coefficient (Wildman–Crippen LogP) is -0.239. The van der Waals surface area contributed by atoms with Crippen LogP contribution in [0.3, 0.4) is 0 Å². The van der Waals surface area contributed by atoms with E-state index in [2.05, 4.69) is 12.2 Å². The number of nitrogens with one attached hydrogen (secondary N) is 1. The summed E-state index contributed by atoms with van der Waals surface area (Å²) in [5, 5.41) is 21.9. The Morgan fingerprint density at radius 1 is 1.12 bits per heavy atom. The standard InChI is InChI=1S/C11H25NO4/c1-3-4-5-12-6-10(13)8-16-9-11(14)7-15-2/h10-14H,3-9H2,1-2H3. The minimum Gasteiger partial charge on any atom is -0.389 e. The van der Waals surface area contributed by atoms with Gasteiger partial charge in [-0.2, -0.15) is 0 Å². The van der Waals surface area contributed by atoms with Crippen molar-refractivity contribution in [1.82, 2.24) is 5.32 Å². The summed E-state index contributed by atoms with van der Waals surface area (Å²) in [6.07, 6.45) is 1.11. The first-order valence-electron chi connectivity index (χ1n) is 5.84. The first kappa shape index (κ1) is 15.8. The molecular formula is C11H25NO4. The molecule has 0 amide bonds. The van der Waals surface area contributed by atoms with E-state index in [0.717, 1.165) is 19.4 Å². The van der Waals surface area contributed by atoms with E-state index in [-0.39, 0.29) is 19.8 Å². The van der Waals surface area contributed by atoms with Crippen molar-refractivity contribution in [3.05, 3.63) is 0 Å². The van der Waals surface area contributed by atoms with Crippen molar-refractivity contribution >= 4 is 0 Å². The highest BCUT2D eigenvalue weighted by molar-refractivity contribution is 4.59. The third kappa shape index (κ3) is 10.3. The smallest absolute Gasteiger partial charge is 0.101 e. The highest BCUT2D eigenvalue weighted by atomic mass is 16.5. The lowest BCUT2D eigenvalue weighted by Gasteiger charge is -2.14. The number of aliphatic hydroxyl groups is 2. The molecule has 3 N–H and O–H groups in total. The van der Waals surface area contributed by atoms with Crippen molar-refractivity contribution in [3.8, 4) is 0 Å². The van der Waals surface area contributed by atoms with Crippen LogP contribution in [0.15, 0.2) is 0 Å². The molecule has 0 saturated heterocycles. The van der Waals surface area contributed by atoms with Crippen molar-refractivity contribution in [1.29, 1.82) is 0 Å². The number of unbranched alkanes of at least 4 members (excludes halogenated alkanes) is 1. The largest absolute Gasteiger partial charge is 0.389 e. The lowest BCUT2D eigenvalue weighted by molar-refractivity contribution is -0.0308. The van der Waals surface area contributed by atoms with E-state index >= 15 is 0 Å². The van der Waals surface area contributed by atoms with Crippen molar-refractivity contribution in [2.45, 2.75) is 32.0 Å². The van der Waals surface area contributed by atoms with E-state index in [1.165, 1.54) is 7.11 Å². The quantitative estimate of drug-likeness (QED) is 0.431. The van der Waals surface area contributed by atoms with Gasteiger partial charge in [-0.15, -0.1) is 0 Å². The average Bonchev–Trinajstić information content (AvgIpc) is 2.25. The Bertz CT molecular complexity index is 146. The van der Waals surface area contributed by atoms with Gasteiger partial charge < -0.3 is 25.0 Å². The molecule has 0 aromatic carbocycles. The monoisotopic (exact) mass is 235 g/mol. The normalized spacial score (nSPS) is 15.0. The molecule has 5 nitrogen and oxygen atoms in total. The second-order valence-electron chi connectivity index (χ2n) is 3.86. The third-order valence-corrected chi connectivity index (χ3v) is 2.07. The second kappa shape index (κ2) is 11.3. The van der Waals surface area contributed by atoms with Crippen molar-refractivity contribution in [2.75, 3.05) is 40.0 Å². The molecule has 0 spiro atoms. The molecule has 0 radical (unpaired) electrons. The molecule has 0 aromatic rings. The maximum Gasteiger partial charge on any atom is 0.101 e. The zero-order valence-corrected chi connectivity index (χ0v) is 10.3. The number of methoxy groups -OCH3 is 1. The van der Waals surface area contributed by atoms with Gasteiger partial charge in [-0.1, -0.05) is 13.3 Å². The van der Waals surface area contributed by atoms with Crippen LogP contribution in [-0.4, -0.2) is 62.4 Å². The summed E-state index contributed by atoms with van der Waals surface area (Å²) in [5.74, 6) is 0. The molecule has 0 aliphatic carbocycles. The van der Waals surface area contributed by atoms with Gasteiger partial charge in [0, 0.05) is 13.7 Å². The minimum absolute atomic E-state index is 0.194. The summed E-state index contributed by atoms with van der Waals surface area (Å²) in [6.45, 7) is 4.25. The molecule has 98 valence electrons. The average molecular weight is 235 g/mol. The van der Waals surface area contributed by atoms with Crippen LogP contribution in [0, 0.1) is 0 Å². The Morgan fingerprint density at radius 3 is 2.44 bits per heavy atom. The first-order valence-corrected chi connectivity index (χ1v) is 5.84. The zero-order chi connectivity index (χ0) is 12.2. The van der Waals surface area contributed by atoms with Crippen molar-refractivity contribution < 1.29 is 19.7 Å². The van der Waals surface area contributed by atoms with Crippen LogP contribution in [0.25, 0.3) is 0 Å². The maximum absolute atomic E-state index is 9.49.